The fourth-order valence-electron chi connectivity index (χ4n) is 1.90. The monoisotopic (exact) mass is 230 g/mol. The van der Waals surface area contributed by atoms with Crippen molar-refractivity contribution in [3.63, 3.8) is 0 Å². The summed E-state index contributed by atoms with van der Waals surface area (Å²) in [5.74, 6) is -0.171. The maximum absolute atomic E-state index is 11.5. The molecule has 0 aromatic rings. The van der Waals surface area contributed by atoms with E-state index in [1.807, 2.05) is 0 Å². The summed E-state index contributed by atoms with van der Waals surface area (Å²) >= 11 is 0. The van der Waals surface area contributed by atoms with Crippen LogP contribution in [0.4, 0.5) is 0 Å². The summed E-state index contributed by atoms with van der Waals surface area (Å²) in [6.45, 7) is 5.87. The van der Waals surface area contributed by atoms with Crippen molar-refractivity contribution < 1.29 is 15.0 Å². The van der Waals surface area contributed by atoms with Crippen molar-refractivity contribution in [1.29, 1.82) is 0 Å². The highest BCUT2D eigenvalue weighted by Gasteiger charge is 2.23. The SMILES string of the molecule is CC(O)C(=O)N1CCN(CCCCO)CC1. The second-order valence-corrected chi connectivity index (χ2v) is 4.27. The lowest BCUT2D eigenvalue weighted by Gasteiger charge is -2.35. The minimum absolute atomic E-state index is 0.171. The number of piperazine rings is 1. The van der Waals surface area contributed by atoms with Gasteiger partial charge >= 0.3 is 0 Å². The van der Waals surface area contributed by atoms with Gasteiger partial charge in [-0.15, -0.1) is 0 Å². The Hall–Kier alpha value is -0.650. The molecule has 1 heterocycles. The van der Waals surface area contributed by atoms with Crippen molar-refractivity contribution in [3.8, 4) is 0 Å². The van der Waals surface area contributed by atoms with Crippen LogP contribution in [0.5, 0.6) is 0 Å². The van der Waals surface area contributed by atoms with Crippen molar-refractivity contribution in [2.75, 3.05) is 39.3 Å². The molecule has 0 aromatic carbocycles. The molecule has 1 aliphatic rings. The predicted molar refractivity (Wildman–Crippen MR) is 61.0 cm³/mol. The molecule has 5 heteroatoms. The van der Waals surface area contributed by atoms with E-state index in [1.54, 1.807) is 4.90 Å². The summed E-state index contributed by atoms with van der Waals surface area (Å²) in [5.41, 5.74) is 0. The second kappa shape index (κ2) is 6.83. The Morgan fingerprint density at radius 3 is 2.38 bits per heavy atom. The van der Waals surface area contributed by atoms with E-state index in [1.165, 1.54) is 6.92 Å². The Labute approximate surface area is 96.7 Å². The number of aliphatic hydroxyl groups is 2. The van der Waals surface area contributed by atoms with Gasteiger partial charge in [-0.1, -0.05) is 0 Å². The van der Waals surface area contributed by atoms with Crippen LogP contribution in [0, 0.1) is 0 Å². The van der Waals surface area contributed by atoms with Crippen molar-refractivity contribution in [1.82, 2.24) is 9.80 Å². The molecule has 2 N–H and O–H groups in total. The van der Waals surface area contributed by atoms with Gasteiger partial charge in [-0.05, 0) is 26.3 Å². The summed E-state index contributed by atoms with van der Waals surface area (Å²) in [4.78, 5) is 15.5. The first kappa shape index (κ1) is 13.4. The molecule has 1 unspecified atom stereocenters. The van der Waals surface area contributed by atoms with Gasteiger partial charge in [-0.3, -0.25) is 9.69 Å². The van der Waals surface area contributed by atoms with Crippen LogP contribution in [0.3, 0.4) is 0 Å². The third-order valence-electron chi connectivity index (χ3n) is 2.92. The van der Waals surface area contributed by atoms with Gasteiger partial charge in [0.1, 0.15) is 6.10 Å². The lowest BCUT2D eigenvalue weighted by molar-refractivity contribution is -0.141. The van der Waals surface area contributed by atoms with E-state index in [2.05, 4.69) is 4.90 Å². The van der Waals surface area contributed by atoms with E-state index in [4.69, 9.17) is 5.11 Å². The fraction of sp³-hybridized carbons (Fsp3) is 0.909. The standard InChI is InChI=1S/C11H22N2O3/c1-10(15)11(16)13-7-5-12(6-8-13)4-2-3-9-14/h10,14-15H,2-9H2,1H3. The number of hydrogen-bond acceptors (Lipinski definition) is 4. The zero-order valence-electron chi connectivity index (χ0n) is 9.93. The van der Waals surface area contributed by atoms with E-state index < -0.39 is 6.10 Å². The first-order valence-electron chi connectivity index (χ1n) is 5.95. The Bertz CT molecular complexity index is 213. The maximum atomic E-state index is 11.5. The quantitative estimate of drug-likeness (QED) is 0.612. The zero-order chi connectivity index (χ0) is 12.0. The summed E-state index contributed by atoms with van der Waals surface area (Å²) in [6, 6.07) is 0. The molecule has 0 aromatic heterocycles. The lowest BCUT2D eigenvalue weighted by atomic mass is 10.2. The minimum Gasteiger partial charge on any atom is -0.396 e. The third-order valence-corrected chi connectivity index (χ3v) is 2.92. The molecule has 94 valence electrons. The Balaban J connectivity index is 2.20. The van der Waals surface area contributed by atoms with Gasteiger partial charge in [0.25, 0.3) is 5.91 Å². The number of rotatable bonds is 5. The molecule has 0 spiro atoms. The molecule has 0 radical (unpaired) electrons. The van der Waals surface area contributed by atoms with Gasteiger partial charge < -0.3 is 15.1 Å². The first-order valence-corrected chi connectivity index (χ1v) is 5.95. The maximum Gasteiger partial charge on any atom is 0.251 e. The molecule has 16 heavy (non-hydrogen) atoms. The predicted octanol–water partition coefficient (Wildman–Crippen LogP) is -0.716. The van der Waals surface area contributed by atoms with Crippen LogP contribution in [0.15, 0.2) is 0 Å². The highest BCUT2D eigenvalue weighted by Crippen LogP contribution is 2.05. The Morgan fingerprint density at radius 1 is 1.25 bits per heavy atom. The van der Waals surface area contributed by atoms with E-state index in [-0.39, 0.29) is 12.5 Å². The molecule has 5 nitrogen and oxygen atoms in total. The van der Waals surface area contributed by atoms with Crippen molar-refractivity contribution in [2.45, 2.75) is 25.9 Å². The molecule has 0 saturated carbocycles. The summed E-state index contributed by atoms with van der Waals surface area (Å²) in [7, 11) is 0. The number of unbranched alkanes of at least 4 members (excludes halogenated alkanes) is 1. The number of amides is 1. The van der Waals surface area contributed by atoms with E-state index in [9.17, 15) is 9.90 Å². The smallest absolute Gasteiger partial charge is 0.251 e. The largest absolute Gasteiger partial charge is 0.396 e. The highest BCUT2D eigenvalue weighted by atomic mass is 16.3. The van der Waals surface area contributed by atoms with Crippen molar-refractivity contribution >= 4 is 5.91 Å². The van der Waals surface area contributed by atoms with Gasteiger partial charge in [0.05, 0.1) is 0 Å². The summed E-state index contributed by atoms with van der Waals surface area (Å²) in [5, 5.41) is 17.9. The number of nitrogens with zero attached hydrogens (tertiary/aromatic N) is 2. The summed E-state index contributed by atoms with van der Waals surface area (Å²) < 4.78 is 0. The molecule has 0 bridgehead atoms. The number of carbonyl (C=O) groups is 1. The van der Waals surface area contributed by atoms with Crippen LogP contribution in [0.2, 0.25) is 0 Å². The van der Waals surface area contributed by atoms with Crippen molar-refractivity contribution in [3.05, 3.63) is 0 Å². The van der Waals surface area contributed by atoms with Gasteiger partial charge in [0.2, 0.25) is 0 Å². The van der Waals surface area contributed by atoms with Crippen LogP contribution in [0.1, 0.15) is 19.8 Å². The zero-order valence-corrected chi connectivity index (χ0v) is 9.93. The number of aliphatic hydroxyl groups excluding tert-OH is 2. The third kappa shape index (κ3) is 4.08. The number of hydrogen-bond donors (Lipinski definition) is 2. The second-order valence-electron chi connectivity index (χ2n) is 4.27. The van der Waals surface area contributed by atoms with Crippen LogP contribution < -0.4 is 0 Å². The molecular formula is C11H22N2O3. The van der Waals surface area contributed by atoms with Gasteiger partial charge in [0.15, 0.2) is 0 Å². The van der Waals surface area contributed by atoms with Gasteiger partial charge in [0, 0.05) is 32.8 Å². The average molecular weight is 230 g/mol. The average Bonchev–Trinajstić information content (AvgIpc) is 2.29. The summed E-state index contributed by atoms with van der Waals surface area (Å²) in [6.07, 6.45) is 0.953. The van der Waals surface area contributed by atoms with Gasteiger partial charge in [-0.25, -0.2) is 0 Å². The normalized spacial score (nSPS) is 19.8. The van der Waals surface area contributed by atoms with E-state index in [0.717, 1.165) is 32.5 Å². The van der Waals surface area contributed by atoms with Gasteiger partial charge in [-0.2, -0.15) is 0 Å². The molecule has 1 fully saturated rings. The Morgan fingerprint density at radius 2 is 1.88 bits per heavy atom. The van der Waals surface area contributed by atoms with Crippen LogP contribution >= 0.6 is 0 Å². The molecule has 1 saturated heterocycles. The fourth-order valence-corrected chi connectivity index (χ4v) is 1.90. The minimum atomic E-state index is -0.888. The first-order chi connectivity index (χ1) is 7.65. The molecule has 1 rings (SSSR count). The molecular weight excluding hydrogens is 208 g/mol. The molecule has 1 aliphatic heterocycles. The lowest BCUT2D eigenvalue weighted by Crippen LogP contribution is -2.51. The highest BCUT2D eigenvalue weighted by molar-refractivity contribution is 5.80. The van der Waals surface area contributed by atoms with E-state index in [0.29, 0.717) is 13.1 Å². The van der Waals surface area contributed by atoms with Crippen LogP contribution in [0.25, 0.3) is 0 Å². The van der Waals surface area contributed by atoms with Crippen LogP contribution in [-0.2, 0) is 4.79 Å². The molecule has 0 aliphatic carbocycles. The van der Waals surface area contributed by atoms with Crippen LogP contribution in [-0.4, -0.2) is 71.4 Å². The Kier molecular flexibility index (Phi) is 5.73. The molecule has 1 amide bonds. The van der Waals surface area contributed by atoms with Crippen molar-refractivity contribution in [2.24, 2.45) is 0 Å². The topological polar surface area (TPSA) is 64.0 Å². The van der Waals surface area contributed by atoms with E-state index >= 15 is 0 Å². The number of carbonyl (C=O) groups excluding carboxylic acids is 1. The molecule has 1 atom stereocenters.